The molecule has 7 nitrogen and oxygen atoms in total. The van der Waals surface area contributed by atoms with Gasteiger partial charge < -0.3 is 14.6 Å². The Morgan fingerprint density at radius 3 is 2.50 bits per heavy atom. The van der Waals surface area contributed by atoms with Gasteiger partial charge in [0.05, 0.1) is 24.6 Å². The van der Waals surface area contributed by atoms with Crippen molar-refractivity contribution in [3.63, 3.8) is 0 Å². The van der Waals surface area contributed by atoms with E-state index >= 15 is 0 Å². The Morgan fingerprint density at radius 2 is 1.87 bits per heavy atom. The molecule has 158 valence electrons. The van der Waals surface area contributed by atoms with Gasteiger partial charge in [-0.3, -0.25) is 14.7 Å². The lowest BCUT2D eigenvalue weighted by Gasteiger charge is -2.33. The van der Waals surface area contributed by atoms with Gasteiger partial charge in [-0.05, 0) is 17.5 Å². The van der Waals surface area contributed by atoms with Gasteiger partial charge in [-0.25, -0.2) is 8.78 Å². The number of hydrogen-bond donors (Lipinski definition) is 2. The van der Waals surface area contributed by atoms with Crippen molar-refractivity contribution in [3.8, 4) is 0 Å². The minimum atomic E-state index is -4.73. The third-order valence-corrected chi connectivity index (χ3v) is 4.93. The molecule has 1 aliphatic rings. The summed E-state index contributed by atoms with van der Waals surface area (Å²) in [5, 5.41) is 5.11. The normalized spacial score (nSPS) is 16.5. The van der Waals surface area contributed by atoms with Crippen molar-refractivity contribution in [2.24, 2.45) is 0 Å². The summed E-state index contributed by atoms with van der Waals surface area (Å²) in [6, 6.07) is 1.29. The molecule has 0 saturated heterocycles. The van der Waals surface area contributed by atoms with E-state index in [9.17, 15) is 31.5 Å². The van der Waals surface area contributed by atoms with Gasteiger partial charge in [0.25, 0.3) is 11.5 Å². The van der Waals surface area contributed by atoms with Crippen LogP contribution in [0.2, 0.25) is 0 Å². The van der Waals surface area contributed by atoms with Gasteiger partial charge in [0.15, 0.2) is 17.3 Å². The van der Waals surface area contributed by atoms with Gasteiger partial charge in [0.2, 0.25) is 0 Å². The van der Waals surface area contributed by atoms with Gasteiger partial charge in [-0.1, -0.05) is 0 Å². The number of pyridine rings is 1. The van der Waals surface area contributed by atoms with Crippen LogP contribution < -0.4 is 5.56 Å². The third-order valence-electron chi connectivity index (χ3n) is 4.93. The molecule has 0 aliphatic carbocycles. The molecule has 1 atom stereocenters. The zero-order valence-electron chi connectivity index (χ0n) is 15.2. The first-order chi connectivity index (χ1) is 14.1. The van der Waals surface area contributed by atoms with Crippen molar-refractivity contribution < 1.29 is 31.5 Å². The Hall–Kier alpha value is -3.28. The topological polar surface area (TPSA) is 91.1 Å². The Morgan fingerprint density at radius 1 is 1.20 bits per heavy atom. The predicted octanol–water partition coefficient (Wildman–Crippen LogP) is 2.89. The Balaban J connectivity index is 1.80. The summed E-state index contributed by atoms with van der Waals surface area (Å²) in [5.74, 6) is -3.22. The van der Waals surface area contributed by atoms with Crippen LogP contribution in [0.15, 0.2) is 23.0 Å². The van der Waals surface area contributed by atoms with E-state index in [4.69, 9.17) is 4.74 Å². The van der Waals surface area contributed by atoms with Crippen molar-refractivity contribution in [1.29, 1.82) is 0 Å². The number of nitrogens with one attached hydrogen (secondary N) is 2. The fourth-order valence-electron chi connectivity index (χ4n) is 3.46. The molecule has 1 aromatic carbocycles. The quantitative estimate of drug-likeness (QED) is 0.615. The number of ether oxygens (including phenoxy) is 1. The number of fused-ring (bicyclic) bond motifs is 3. The number of nitrogens with zero attached hydrogens (tertiary/aromatic N) is 2. The maximum absolute atomic E-state index is 13.9. The second-order valence-corrected chi connectivity index (χ2v) is 6.77. The molecule has 0 bridgehead atoms. The summed E-state index contributed by atoms with van der Waals surface area (Å²) in [5.41, 5.74) is -1.75. The Labute approximate surface area is 164 Å². The first-order valence-electron chi connectivity index (χ1n) is 8.59. The highest BCUT2D eigenvalue weighted by atomic mass is 19.4. The molecule has 1 aliphatic heterocycles. The van der Waals surface area contributed by atoms with E-state index in [0.717, 1.165) is 17.0 Å². The molecular formula is C18H13F5N4O3. The molecule has 0 radical (unpaired) electrons. The third kappa shape index (κ3) is 3.22. The smallest absolute Gasteiger partial charge is 0.373 e. The van der Waals surface area contributed by atoms with Crippen molar-refractivity contribution in [2.45, 2.75) is 18.8 Å². The highest BCUT2D eigenvalue weighted by molar-refractivity contribution is 5.93. The number of H-pyrrole nitrogens is 2. The minimum absolute atomic E-state index is 0.0414. The number of amides is 1. The fraction of sp³-hybridized carbons (Fsp3) is 0.278. The number of carbonyl (C=O) groups is 1. The number of benzene rings is 1. The number of rotatable bonds is 2. The van der Waals surface area contributed by atoms with Crippen LogP contribution in [0, 0.1) is 11.6 Å². The van der Waals surface area contributed by atoms with Gasteiger partial charge in [-0.2, -0.15) is 18.3 Å². The summed E-state index contributed by atoms with van der Waals surface area (Å²) < 4.78 is 71.3. The molecule has 1 amide bonds. The van der Waals surface area contributed by atoms with E-state index < -0.39 is 46.7 Å². The van der Waals surface area contributed by atoms with Gasteiger partial charge >= 0.3 is 6.18 Å². The maximum Gasteiger partial charge on any atom is 0.435 e. The lowest BCUT2D eigenvalue weighted by molar-refractivity contribution is -0.141. The molecule has 0 spiro atoms. The molecule has 0 unspecified atom stereocenters. The summed E-state index contributed by atoms with van der Waals surface area (Å²) >= 11 is 0. The second-order valence-electron chi connectivity index (χ2n) is 6.77. The standard InChI is InChI=1S/C18H13F5N4O3/c1-27(17(29)11-4-14(26-25-11)18(21,22)23)13-6-30-5-12-15(13)7-2-9(19)10(20)3-8(7)16(28)24-12/h2-4,13H,5-6H2,1H3,(H,24,28)(H,25,26)/t13-/m1/s1. The lowest BCUT2D eigenvalue weighted by Crippen LogP contribution is -2.37. The highest BCUT2D eigenvalue weighted by Gasteiger charge is 2.36. The maximum atomic E-state index is 13.9. The van der Waals surface area contributed by atoms with Crippen LogP contribution in [0.4, 0.5) is 22.0 Å². The average Bonchev–Trinajstić information content (AvgIpc) is 3.18. The molecule has 3 heterocycles. The number of aromatic amines is 2. The largest absolute Gasteiger partial charge is 0.435 e. The number of hydrogen-bond acceptors (Lipinski definition) is 4. The van der Waals surface area contributed by atoms with Crippen molar-refractivity contribution in [3.05, 3.63) is 62.8 Å². The number of alkyl halides is 3. The monoisotopic (exact) mass is 428 g/mol. The van der Waals surface area contributed by atoms with Crippen LogP contribution in [-0.2, 0) is 17.5 Å². The van der Waals surface area contributed by atoms with Crippen LogP contribution >= 0.6 is 0 Å². The van der Waals surface area contributed by atoms with Gasteiger partial charge in [0.1, 0.15) is 5.69 Å². The second kappa shape index (κ2) is 6.90. The number of likely N-dealkylation sites (N-methyl/N-ethyl adjacent to an activating group) is 1. The van der Waals surface area contributed by atoms with E-state index in [1.54, 1.807) is 0 Å². The number of halogens is 5. The van der Waals surface area contributed by atoms with Crippen molar-refractivity contribution >= 4 is 16.7 Å². The van der Waals surface area contributed by atoms with E-state index in [1.807, 2.05) is 5.10 Å². The molecule has 0 saturated carbocycles. The fourth-order valence-corrected chi connectivity index (χ4v) is 3.46. The summed E-state index contributed by atoms with van der Waals surface area (Å²) in [6.07, 6.45) is -4.73. The molecule has 3 aromatic rings. The summed E-state index contributed by atoms with van der Waals surface area (Å²) in [7, 11) is 1.32. The van der Waals surface area contributed by atoms with Crippen molar-refractivity contribution in [2.75, 3.05) is 13.7 Å². The molecule has 2 N–H and O–H groups in total. The molecule has 2 aromatic heterocycles. The molecule has 4 rings (SSSR count). The molecule has 12 heteroatoms. The SMILES string of the molecule is CN(C(=O)c1cc(C(F)(F)F)n[nH]1)[C@@H]1COCc2[nH]c(=O)c3cc(F)c(F)cc3c21. The van der Waals surface area contributed by atoms with Gasteiger partial charge in [-0.15, -0.1) is 0 Å². The average molecular weight is 428 g/mol. The van der Waals surface area contributed by atoms with Crippen LogP contribution in [-0.4, -0.2) is 39.6 Å². The first kappa shape index (κ1) is 20.0. The summed E-state index contributed by atoms with van der Waals surface area (Å²) in [6.45, 7) is -0.115. The van der Waals surface area contributed by atoms with Gasteiger partial charge in [0, 0.05) is 24.4 Å². The van der Waals surface area contributed by atoms with Crippen molar-refractivity contribution in [1.82, 2.24) is 20.1 Å². The zero-order valence-corrected chi connectivity index (χ0v) is 15.2. The van der Waals surface area contributed by atoms with E-state index in [1.165, 1.54) is 7.05 Å². The zero-order chi connectivity index (χ0) is 21.8. The van der Waals surface area contributed by atoms with Crippen LogP contribution in [0.1, 0.15) is 33.5 Å². The Bertz CT molecular complexity index is 1220. The minimum Gasteiger partial charge on any atom is -0.373 e. The number of aromatic nitrogens is 3. The molecular weight excluding hydrogens is 415 g/mol. The first-order valence-corrected chi connectivity index (χ1v) is 8.59. The highest BCUT2D eigenvalue weighted by Crippen LogP contribution is 2.34. The van der Waals surface area contributed by atoms with Crippen LogP contribution in [0.25, 0.3) is 10.8 Å². The van der Waals surface area contributed by atoms with Crippen LogP contribution in [0.5, 0.6) is 0 Å². The predicted molar refractivity (Wildman–Crippen MR) is 92.6 cm³/mol. The van der Waals surface area contributed by atoms with Crippen LogP contribution in [0.3, 0.4) is 0 Å². The Kier molecular flexibility index (Phi) is 4.60. The lowest BCUT2D eigenvalue weighted by atomic mass is 9.95. The molecule has 30 heavy (non-hydrogen) atoms. The van der Waals surface area contributed by atoms with E-state index in [0.29, 0.717) is 11.6 Å². The summed E-state index contributed by atoms with van der Waals surface area (Å²) in [4.78, 5) is 28.6. The molecule has 0 fully saturated rings. The van der Waals surface area contributed by atoms with E-state index in [-0.39, 0.29) is 29.7 Å². The van der Waals surface area contributed by atoms with E-state index in [2.05, 4.69) is 10.1 Å². The number of carbonyl (C=O) groups excluding carboxylic acids is 1.